The molecule has 6 nitrogen and oxygen atoms in total. The largest absolute Gasteiger partial charge is 0.493 e. The number of rotatable bonds is 10. The van der Waals surface area contributed by atoms with E-state index >= 15 is 0 Å². The van der Waals surface area contributed by atoms with Gasteiger partial charge in [-0.25, -0.2) is 5.43 Å². The number of nitrogens with zero attached hydrogens (tertiary/aromatic N) is 1. The predicted octanol–water partition coefficient (Wildman–Crippen LogP) is 5.54. The normalized spacial score (nSPS) is 10.9. The Kier molecular flexibility index (Phi) is 8.63. The lowest BCUT2D eigenvalue weighted by Crippen LogP contribution is -2.20. The molecule has 0 aliphatic carbocycles. The summed E-state index contributed by atoms with van der Waals surface area (Å²) in [6.45, 7) is 2.72. The first kappa shape index (κ1) is 23.3. The molecule has 0 saturated carbocycles. The van der Waals surface area contributed by atoms with Gasteiger partial charge in [0.1, 0.15) is 5.75 Å². The number of anilines is 1. The van der Waals surface area contributed by atoms with Gasteiger partial charge in [0, 0.05) is 18.4 Å². The lowest BCUT2D eigenvalue weighted by atomic mass is 10.0. The third-order valence-electron chi connectivity index (χ3n) is 4.80. The first-order chi connectivity index (χ1) is 15.6. The number of fused-ring (bicyclic) bond motifs is 1. The predicted molar refractivity (Wildman–Crippen MR) is 129 cm³/mol. The lowest BCUT2D eigenvalue weighted by Gasteiger charge is -2.11. The fourth-order valence-electron chi connectivity index (χ4n) is 3.09. The Morgan fingerprint density at radius 3 is 2.56 bits per heavy atom. The Hall–Kier alpha value is -3.38. The van der Waals surface area contributed by atoms with E-state index in [1.165, 1.54) is 0 Å². The number of benzene rings is 3. The smallest absolute Gasteiger partial charge is 0.240 e. The zero-order chi connectivity index (χ0) is 22.8. The van der Waals surface area contributed by atoms with Crippen molar-refractivity contribution in [2.75, 3.05) is 11.9 Å². The van der Waals surface area contributed by atoms with E-state index in [0.717, 1.165) is 29.2 Å². The molecule has 0 aliphatic rings. The van der Waals surface area contributed by atoms with Crippen LogP contribution in [-0.4, -0.2) is 24.6 Å². The molecule has 0 aromatic heterocycles. The number of carbonyl (C=O) groups excluding carboxylic acids is 2. The quantitative estimate of drug-likeness (QED) is 0.241. The summed E-state index contributed by atoms with van der Waals surface area (Å²) >= 11 is 6.03. The molecular weight excluding hydrogens is 426 g/mol. The number of hydrogen-bond donors (Lipinski definition) is 2. The summed E-state index contributed by atoms with van der Waals surface area (Å²) in [5, 5.41) is 9.28. The minimum atomic E-state index is -0.357. The highest BCUT2D eigenvalue weighted by Gasteiger charge is 2.10. The number of nitrogens with one attached hydrogen (secondary N) is 2. The molecule has 166 valence electrons. The van der Waals surface area contributed by atoms with Crippen LogP contribution in [-0.2, 0) is 9.59 Å². The summed E-state index contributed by atoms with van der Waals surface area (Å²) in [6, 6.07) is 18.8. The maximum Gasteiger partial charge on any atom is 0.240 e. The van der Waals surface area contributed by atoms with Gasteiger partial charge in [0.05, 0.1) is 23.5 Å². The number of hydrogen-bond acceptors (Lipinski definition) is 4. The van der Waals surface area contributed by atoms with Crippen molar-refractivity contribution in [2.45, 2.75) is 32.6 Å². The van der Waals surface area contributed by atoms with Crippen LogP contribution in [0.5, 0.6) is 5.75 Å². The van der Waals surface area contributed by atoms with Crippen LogP contribution >= 0.6 is 11.6 Å². The van der Waals surface area contributed by atoms with Crippen LogP contribution in [0.25, 0.3) is 10.8 Å². The number of unbranched alkanes of at least 4 members (excludes halogenated alkanes) is 1. The van der Waals surface area contributed by atoms with Crippen LogP contribution in [0.1, 0.15) is 38.2 Å². The minimum Gasteiger partial charge on any atom is -0.493 e. The van der Waals surface area contributed by atoms with E-state index < -0.39 is 0 Å². The van der Waals surface area contributed by atoms with E-state index in [9.17, 15) is 9.59 Å². The molecule has 3 aromatic rings. The summed E-state index contributed by atoms with van der Waals surface area (Å²) in [7, 11) is 0. The van der Waals surface area contributed by atoms with E-state index in [0.29, 0.717) is 23.1 Å². The molecule has 7 heteroatoms. The first-order valence-corrected chi connectivity index (χ1v) is 11.0. The zero-order valence-electron chi connectivity index (χ0n) is 17.9. The number of hydrazone groups is 1. The zero-order valence-corrected chi connectivity index (χ0v) is 18.7. The van der Waals surface area contributed by atoms with Gasteiger partial charge in [-0.2, -0.15) is 5.10 Å². The number of carbonyl (C=O) groups is 2. The topological polar surface area (TPSA) is 79.8 Å². The summed E-state index contributed by atoms with van der Waals surface area (Å²) in [5.74, 6) is 0.0661. The Bertz CT molecular complexity index is 1110. The maximum absolute atomic E-state index is 12.2. The third kappa shape index (κ3) is 6.56. The van der Waals surface area contributed by atoms with Crippen molar-refractivity contribution in [3.8, 4) is 5.75 Å². The molecule has 0 aliphatic heterocycles. The average molecular weight is 452 g/mol. The molecule has 0 fully saturated rings. The van der Waals surface area contributed by atoms with Crippen molar-refractivity contribution in [2.24, 2.45) is 5.10 Å². The van der Waals surface area contributed by atoms with Crippen molar-refractivity contribution in [3.05, 3.63) is 71.2 Å². The molecule has 32 heavy (non-hydrogen) atoms. The van der Waals surface area contributed by atoms with Gasteiger partial charge in [0.25, 0.3) is 0 Å². The van der Waals surface area contributed by atoms with Crippen LogP contribution in [0.2, 0.25) is 5.02 Å². The second-order valence-electron chi connectivity index (χ2n) is 7.22. The Labute approximate surface area is 192 Å². The van der Waals surface area contributed by atoms with Gasteiger partial charge in [-0.3, -0.25) is 9.59 Å². The molecule has 0 heterocycles. The Balaban J connectivity index is 1.59. The first-order valence-electron chi connectivity index (χ1n) is 10.6. The van der Waals surface area contributed by atoms with E-state index in [4.69, 9.17) is 16.3 Å². The highest BCUT2D eigenvalue weighted by atomic mass is 35.5. The van der Waals surface area contributed by atoms with Crippen molar-refractivity contribution < 1.29 is 14.3 Å². The molecule has 0 spiro atoms. The van der Waals surface area contributed by atoms with Crippen LogP contribution in [0, 0.1) is 0 Å². The number of ether oxygens (including phenoxy) is 1. The second-order valence-corrected chi connectivity index (χ2v) is 7.63. The number of para-hydroxylation sites is 1. The minimum absolute atomic E-state index is 0.00300. The molecule has 2 amide bonds. The summed E-state index contributed by atoms with van der Waals surface area (Å²) < 4.78 is 5.92. The summed E-state index contributed by atoms with van der Waals surface area (Å²) in [4.78, 5) is 24.2. The van der Waals surface area contributed by atoms with Gasteiger partial charge in [0.2, 0.25) is 11.8 Å². The van der Waals surface area contributed by atoms with E-state index in [-0.39, 0.29) is 24.7 Å². The highest BCUT2D eigenvalue weighted by Crippen LogP contribution is 2.27. The van der Waals surface area contributed by atoms with Gasteiger partial charge >= 0.3 is 0 Å². The molecule has 2 N–H and O–H groups in total. The third-order valence-corrected chi connectivity index (χ3v) is 5.13. The van der Waals surface area contributed by atoms with Crippen molar-refractivity contribution in [1.82, 2.24) is 5.43 Å². The van der Waals surface area contributed by atoms with Gasteiger partial charge in [-0.15, -0.1) is 0 Å². The van der Waals surface area contributed by atoms with Gasteiger partial charge in [-0.1, -0.05) is 67.4 Å². The molecular formula is C25H26ClN3O3. The standard InChI is InChI=1S/C25H26ClN3O3/c1-2-3-16-32-23-13-12-18-8-4-5-9-19(18)20(23)17-27-29-25(31)15-14-24(30)28-22-11-7-6-10-21(22)26/h4-13,17H,2-3,14-16H2,1H3,(H,28,30)(H,29,31). The SMILES string of the molecule is CCCCOc1ccc2ccccc2c1C=NNC(=O)CCC(=O)Nc1ccccc1Cl. The fraction of sp³-hybridized carbons (Fsp3) is 0.240. The Morgan fingerprint density at radius 1 is 1.00 bits per heavy atom. The lowest BCUT2D eigenvalue weighted by molar-refractivity contribution is -0.124. The van der Waals surface area contributed by atoms with Crippen molar-refractivity contribution in [3.63, 3.8) is 0 Å². The number of halogens is 1. The molecule has 0 radical (unpaired) electrons. The van der Waals surface area contributed by atoms with Crippen LogP contribution < -0.4 is 15.5 Å². The molecule has 0 atom stereocenters. The highest BCUT2D eigenvalue weighted by molar-refractivity contribution is 6.33. The fourth-order valence-corrected chi connectivity index (χ4v) is 3.27. The second kappa shape index (κ2) is 11.9. The van der Waals surface area contributed by atoms with Crippen molar-refractivity contribution in [1.29, 1.82) is 0 Å². The van der Waals surface area contributed by atoms with Gasteiger partial charge in [0.15, 0.2) is 0 Å². The monoisotopic (exact) mass is 451 g/mol. The van der Waals surface area contributed by atoms with E-state index in [1.54, 1.807) is 30.5 Å². The summed E-state index contributed by atoms with van der Waals surface area (Å²) in [5.41, 5.74) is 3.81. The van der Waals surface area contributed by atoms with E-state index in [1.807, 2.05) is 36.4 Å². The molecule has 3 aromatic carbocycles. The molecule has 0 saturated heterocycles. The summed E-state index contributed by atoms with van der Waals surface area (Å²) in [6.07, 6.45) is 3.61. The Morgan fingerprint density at radius 2 is 1.75 bits per heavy atom. The van der Waals surface area contributed by atoms with Crippen LogP contribution in [0.4, 0.5) is 5.69 Å². The molecule has 0 bridgehead atoms. The average Bonchev–Trinajstić information content (AvgIpc) is 2.80. The maximum atomic E-state index is 12.2. The van der Waals surface area contributed by atoms with Crippen LogP contribution in [0.15, 0.2) is 65.8 Å². The van der Waals surface area contributed by atoms with Crippen molar-refractivity contribution >= 4 is 46.1 Å². The van der Waals surface area contributed by atoms with Gasteiger partial charge < -0.3 is 10.1 Å². The molecule has 3 rings (SSSR count). The van der Waals surface area contributed by atoms with E-state index in [2.05, 4.69) is 22.8 Å². The van der Waals surface area contributed by atoms with Crippen LogP contribution in [0.3, 0.4) is 0 Å². The van der Waals surface area contributed by atoms with Gasteiger partial charge in [-0.05, 0) is 35.4 Å². The number of amides is 2. The molecule has 0 unspecified atom stereocenters.